The van der Waals surface area contributed by atoms with Crippen molar-refractivity contribution >= 4 is 12.1 Å². The van der Waals surface area contributed by atoms with Crippen LogP contribution in [0.2, 0.25) is 0 Å². The van der Waals surface area contributed by atoms with Gasteiger partial charge in [0.05, 0.1) is 0 Å². The molecule has 0 saturated heterocycles. The van der Waals surface area contributed by atoms with Gasteiger partial charge in [-0.3, -0.25) is 0 Å². The van der Waals surface area contributed by atoms with Crippen molar-refractivity contribution in [3.05, 3.63) is 24.8 Å². The maximum atomic E-state index is 12.2. The maximum absolute atomic E-state index is 12.2. The quantitative estimate of drug-likeness (QED) is 0.736. The fourth-order valence-corrected chi connectivity index (χ4v) is 3.55. The van der Waals surface area contributed by atoms with E-state index in [1.807, 2.05) is 6.08 Å². The summed E-state index contributed by atoms with van der Waals surface area (Å²) in [7, 11) is 0. The number of carbonyl (C=O) groups excluding carboxylic acids is 1. The third-order valence-corrected chi connectivity index (χ3v) is 4.89. The Labute approximate surface area is 137 Å². The molecule has 0 spiro atoms. The smallest absolute Gasteiger partial charge is 0.408 e. The first-order chi connectivity index (χ1) is 10.7. The van der Waals surface area contributed by atoms with Crippen LogP contribution in [-0.4, -0.2) is 29.3 Å². The van der Waals surface area contributed by atoms with E-state index in [-0.39, 0.29) is 6.10 Å². The number of fused-ring (bicyclic) bond motifs is 1. The number of allylic oxidation sites excluding steroid dienone is 3. The monoisotopic (exact) mass is 321 g/mol. The van der Waals surface area contributed by atoms with E-state index in [4.69, 9.17) is 4.74 Å². The summed E-state index contributed by atoms with van der Waals surface area (Å²) in [6, 6.07) is -0.974. The zero-order valence-electron chi connectivity index (χ0n) is 14.1. The number of carboxylic acid groups (broad SMARTS) is 1. The molecule has 0 aromatic heterocycles. The summed E-state index contributed by atoms with van der Waals surface area (Å²) in [6.45, 7) is 9.08. The first kappa shape index (κ1) is 17.6. The highest BCUT2D eigenvalue weighted by molar-refractivity contribution is 5.80. The van der Waals surface area contributed by atoms with Crippen molar-refractivity contribution in [2.75, 3.05) is 0 Å². The summed E-state index contributed by atoms with van der Waals surface area (Å²) in [5, 5.41) is 11.8. The van der Waals surface area contributed by atoms with Crippen LogP contribution >= 0.6 is 0 Å². The van der Waals surface area contributed by atoms with Crippen LogP contribution in [0, 0.1) is 23.2 Å². The normalized spacial score (nSPS) is 30.0. The van der Waals surface area contributed by atoms with Crippen molar-refractivity contribution in [3.8, 4) is 0 Å². The van der Waals surface area contributed by atoms with Gasteiger partial charge in [0.1, 0.15) is 12.1 Å². The number of alkyl carbamates (subject to hydrolysis) is 1. The van der Waals surface area contributed by atoms with E-state index >= 15 is 0 Å². The van der Waals surface area contributed by atoms with E-state index in [1.54, 1.807) is 20.8 Å². The molecule has 1 fully saturated rings. The van der Waals surface area contributed by atoms with E-state index in [0.717, 1.165) is 19.3 Å². The van der Waals surface area contributed by atoms with Crippen LogP contribution in [0.3, 0.4) is 0 Å². The molecule has 2 aliphatic rings. The fraction of sp³-hybridized carbons (Fsp3) is 0.667. The summed E-state index contributed by atoms with van der Waals surface area (Å²) in [5.74, 6) is 0.212. The Balaban J connectivity index is 1.96. The highest BCUT2D eigenvalue weighted by Crippen LogP contribution is 2.48. The second-order valence-corrected chi connectivity index (χ2v) is 7.62. The Morgan fingerprint density at radius 2 is 2.13 bits per heavy atom. The minimum atomic E-state index is -1.05. The minimum absolute atomic E-state index is 0.158. The van der Waals surface area contributed by atoms with Crippen molar-refractivity contribution in [3.63, 3.8) is 0 Å². The lowest BCUT2D eigenvalue weighted by atomic mass is 9.79. The van der Waals surface area contributed by atoms with Crippen molar-refractivity contribution < 1.29 is 19.4 Å². The third-order valence-electron chi connectivity index (χ3n) is 4.89. The summed E-state index contributed by atoms with van der Waals surface area (Å²) >= 11 is 0. The molecule has 5 atom stereocenters. The molecule has 1 amide bonds. The van der Waals surface area contributed by atoms with E-state index in [0.29, 0.717) is 17.8 Å². The van der Waals surface area contributed by atoms with Crippen molar-refractivity contribution in [2.24, 2.45) is 23.2 Å². The van der Waals surface area contributed by atoms with Crippen LogP contribution in [0.15, 0.2) is 24.8 Å². The van der Waals surface area contributed by atoms with Crippen molar-refractivity contribution in [1.82, 2.24) is 5.32 Å². The average Bonchev–Trinajstić information content (AvgIpc) is 2.63. The maximum Gasteiger partial charge on any atom is 0.408 e. The summed E-state index contributed by atoms with van der Waals surface area (Å²) < 4.78 is 5.59. The molecule has 5 heteroatoms. The average molecular weight is 321 g/mol. The fourth-order valence-electron chi connectivity index (χ4n) is 3.55. The lowest BCUT2D eigenvalue weighted by Gasteiger charge is -2.29. The number of amides is 1. The van der Waals surface area contributed by atoms with Gasteiger partial charge in [-0.1, -0.05) is 39.0 Å². The number of nitrogens with one attached hydrogen (secondary N) is 1. The lowest BCUT2D eigenvalue weighted by molar-refractivity contribution is -0.142. The van der Waals surface area contributed by atoms with E-state index in [2.05, 4.69) is 24.0 Å². The molecular weight excluding hydrogens is 294 g/mol. The van der Waals surface area contributed by atoms with Gasteiger partial charge in [-0.05, 0) is 36.5 Å². The first-order valence-electron chi connectivity index (χ1n) is 8.23. The number of hydrogen-bond donors (Lipinski definition) is 2. The molecule has 0 aromatic rings. The second-order valence-electron chi connectivity index (χ2n) is 7.62. The van der Waals surface area contributed by atoms with Gasteiger partial charge in [0.25, 0.3) is 0 Å². The van der Waals surface area contributed by atoms with Crippen LogP contribution in [-0.2, 0) is 9.53 Å². The van der Waals surface area contributed by atoms with Crippen LogP contribution < -0.4 is 5.32 Å². The molecule has 0 aromatic carbocycles. The Bertz CT molecular complexity index is 506. The third kappa shape index (κ3) is 3.95. The van der Waals surface area contributed by atoms with Crippen molar-refractivity contribution in [1.29, 1.82) is 0 Å². The highest BCUT2D eigenvalue weighted by atomic mass is 16.6. The van der Waals surface area contributed by atoms with Gasteiger partial charge < -0.3 is 15.2 Å². The number of ether oxygens (including phenoxy) is 1. The zero-order chi connectivity index (χ0) is 17.2. The molecular formula is C18H27NO4. The van der Waals surface area contributed by atoms with Gasteiger partial charge in [-0.2, -0.15) is 0 Å². The number of aliphatic carboxylic acids is 1. The number of rotatable bonds is 6. The summed E-state index contributed by atoms with van der Waals surface area (Å²) in [5.41, 5.74) is -0.580. The Morgan fingerprint density at radius 3 is 2.61 bits per heavy atom. The van der Waals surface area contributed by atoms with E-state index in [1.165, 1.54) is 0 Å². The van der Waals surface area contributed by atoms with E-state index < -0.39 is 23.5 Å². The summed E-state index contributed by atoms with van der Waals surface area (Å²) in [6.07, 6.45) is 8.10. The first-order valence-corrected chi connectivity index (χ1v) is 8.23. The van der Waals surface area contributed by atoms with E-state index in [9.17, 15) is 14.7 Å². The molecule has 128 valence electrons. The van der Waals surface area contributed by atoms with Crippen LogP contribution in [0.1, 0.15) is 40.0 Å². The van der Waals surface area contributed by atoms with Gasteiger partial charge in [0.2, 0.25) is 0 Å². The van der Waals surface area contributed by atoms with Gasteiger partial charge >= 0.3 is 12.1 Å². The van der Waals surface area contributed by atoms with Crippen LogP contribution in [0.25, 0.3) is 0 Å². The SMILES string of the molecule is C=CCC[C@@H]1[C@H]2C=C[C@H]2C[C@H]1OC(=O)NC(C(=O)O)C(C)(C)C. The van der Waals surface area contributed by atoms with Crippen LogP contribution in [0.4, 0.5) is 4.79 Å². The molecule has 0 heterocycles. The Kier molecular flexibility index (Phi) is 5.17. The molecule has 23 heavy (non-hydrogen) atoms. The lowest BCUT2D eigenvalue weighted by Crippen LogP contribution is -2.50. The van der Waals surface area contributed by atoms with Gasteiger partial charge in [0.15, 0.2) is 0 Å². The van der Waals surface area contributed by atoms with Gasteiger partial charge in [-0.15, -0.1) is 6.58 Å². The molecule has 5 nitrogen and oxygen atoms in total. The molecule has 2 N–H and O–H groups in total. The van der Waals surface area contributed by atoms with Gasteiger partial charge in [0, 0.05) is 5.92 Å². The molecule has 0 bridgehead atoms. The predicted octanol–water partition coefficient (Wildman–Crippen LogP) is 3.37. The standard InChI is InChI=1S/C18H27NO4/c1-5-6-7-13-12-9-8-11(12)10-14(13)23-17(22)19-15(16(20)21)18(2,3)4/h5,8-9,11-15H,1,6-7,10H2,2-4H3,(H,19,22)(H,20,21)/t11-,12-,13+,14+,15?/m0/s1. The molecule has 0 radical (unpaired) electrons. The Hall–Kier alpha value is -1.78. The minimum Gasteiger partial charge on any atom is -0.480 e. The predicted molar refractivity (Wildman–Crippen MR) is 87.9 cm³/mol. The molecule has 2 rings (SSSR count). The second kappa shape index (κ2) is 6.77. The van der Waals surface area contributed by atoms with Gasteiger partial charge in [-0.25, -0.2) is 9.59 Å². The topological polar surface area (TPSA) is 75.6 Å². The summed E-state index contributed by atoms with van der Waals surface area (Å²) in [4.78, 5) is 23.5. The molecule has 0 aliphatic heterocycles. The van der Waals surface area contributed by atoms with Crippen molar-refractivity contribution in [2.45, 2.75) is 52.2 Å². The number of carbonyl (C=O) groups is 2. The Morgan fingerprint density at radius 1 is 1.43 bits per heavy atom. The van der Waals surface area contributed by atoms with Crippen LogP contribution in [0.5, 0.6) is 0 Å². The largest absolute Gasteiger partial charge is 0.480 e. The highest BCUT2D eigenvalue weighted by Gasteiger charge is 2.46. The molecule has 1 unspecified atom stereocenters. The molecule has 1 saturated carbocycles. The number of carboxylic acids is 1. The number of hydrogen-bond acceptors (Lipinski definition) is 3. The molecule has 2 aliphatic carbocycles. The zero-order valence-corrected chi connectivity index (χ0v) is 14.1.